The van der Waals surface area contributed by atoms with Gasteiger partial charge in [0.2, 0.25) is 11.8 Å². The van der Waals surface area contributed by atoms with Gasteiger partial charge in [-0.15, -0.1) is 0 Å². The van der Waals surface area contributed by atoms with Gasteiger partial charge in [0.1, 0.15) is 17.3 Å². The number of aromatic nitrogens is 2. The van der Waals surface area contributed by atoms with Crippen LogP contribution in [0.5, 0.6) is 5.88 Å². The first kappa shape index (κ1) is 15.4. The van der Waals surface area contributed by atoms with Crippen molar-refractivity contribution in [3.8, 4) is 23.4 Å². The van der Waals surface area contributed by atoms with Crippen LogP contribution in [0.25, 0.3) is 11.5 Å². The molecule has 0 aliphatic carbocycles. The highest BCUT2D eigenvalue weighted by Crippen LogP contribution is 2.29. The molecule has 3 N–H and O–H groups in total. The van der Waals surface area contributed by atoms with Crippen LogP contribution in [0.2, 0.25) is 0 Å². The predicted octanol–water partition coefficient (Wildman–Crippen LogP) is 3.03. The van der Waals surface area contributed by atoms with Crippen molar-refractivity contribution >= 4 is 11.6 Å². The molecule has 0 bridgehead atoms. The Bertz CT molecular complexity index is 857. The largest absolute Gasteiger partial charge is 0.463 e. The van der Waals surface area contributed by atoms with E-state index >= 15 is 0 Å². The summed E-state index contributed by atoms with van der Waals surface area (Å²) in [7, 11) is 0. The molecule has 7 heteroatoms. The number of furan rings is 1. The van der Waals surface area contributed by atoms with Crippen molar-refractivity contribution in [2.24, 2.45) is 0 Å². The molecule has 2 aromatic heterocycles. The van der Waals surface area contributed by atoms with E-state index in [1.54, 1.807) is 19.1 Å². The number of ether oxygens (including phenoxy) is 1. The monoisotopic (exact) mass is 321 g/mol. The van der Waals surface area contributed by atoms with E-state index in [2.05, 4.69) is 21.4 Å². The van der Waals surface area contributed by atoms with Gasteiger partial charge in [0.15, 0.2) is 12.0 Å². The highest BCUT2D eigenvalue weighted by molar-refractivity contribution is 5.66. The van der Waals surface area contributed by atoms with Crippen LogP contribution in [0, 0.1) is 11.3 Å². The van der Waals surface area contributed by atoms with Crippen molar-refractivity contribution in [2.75, 3.05) is 11.1 Å². The zero-order chi connectivity index (χ0) is 16.9. The number of rotatable bonds is 5. The molecule has 0 spiro atoms. The van der Waals surface area contributed by atoms with Gasteiger partial charge in [-0.3, -0.25) is 0 Å². The van der Waals surface area contributed by atoms with Crippen LogP contribution in [-0.4, -0.2) is 16.2 Å². The second kappa shape index (κ2) is 6.71. The number of anilines is 2. The van der Waals surface area contributed by atoms with Crippen molar-refractivity contribution in [1.29, 1.82) is 5.26 Å². The van der Waals surface area contributed by atoms with Gasteiger partial charge in [-0.05, 0) is 31.2 Å². The summed E-state index contributed by atoms with van der Waals surface area (Å²) in [6.07, 6.45) is 1.06. The Hall–Kier alpha value is -3.53. The average molecular weight is 321 g/mol. The Morgan fingerprint density at radius 2 is 2.00 bits per heavy atom. The lowest BCUT2D eigenvalue weighted by molar-refractivity contribution is 0.240. The highest BCUT2D eigenvalue weighted by Gasteiger charge is 2.19. The van der Waals surface area contributed by atoms with Crippen LogP contribution < -0.4 is 15.8 Å². The zero-order valence-corrected chi connectivity index (χ0v) is 12.9. The molecular formula is C17H15N5O2. The molecule has 0 saturated heterocycles. The Balaban J connectivity index is 1.89. The second-order valence-corrected chi connectivity index (χ2v) is 4.97. The van der Waals surface area contributed by atoms with Gasteiger partial charge in [-0.25, -0.2) is 4.98 Å². The standard InChI is InChI=1S/C17H15N5O2/c1-11(20-12-6-3-2-4-7-12)24-16-13(10-18)15(21-17(19)22-16)14-8-5-9-23-14/h2-9,11,20H,1H3,(H2,19,21,22). The van der Waals surface area contributed by atoms with Crippen LogP contribution in [0.4, 0.5) is 11.6 Å². The molecule has 3 rings (SSSR count). The maximum Gasteiger partial charge on any atom is 0.239 e. The molecule has 3 aromatic rings. The summed E-state index contributed by atoms with van der Waals surface area (Å²) in [5, 5.41) is 12.6. The number of hydrogen-bond donors (Lipinski definition) is 2. The number of benzene rings is 1. The Labute approximate surface area is 138 Å². The average Bonchev–Trinajstić information content (AvgIpc) is 3.09. The number of nitrogens with one attached hydrogen (secondary N) is 1. The van der Waals surface area contributed by atoms with Gasteiger partial charge >= 0.3 is 0 Å². The fourth-order valence-corrected chi connectivity index (χ4v) is 2.20. The molecule has 7 nitrogen and oxygen atoms in total. The number of nitrogens with two attached hydrogens (primary N) is 1. The highest BCUT2D eigenvalue weighted by atomic mass is 16.5. The maximum atomic E-state index is 9.48. The number of nitrogens with zero attached hydrogens (tertiary/aromatic N) is 3. The molecule has 0 radical (unpaired) electrons. The summed E-state index contributed by atoms with van der Waals surface area (Å²) in [6, 6.07) is 15.0. The quantitative estimate of drug-likeness (QED) is 0.695. The minimum atomic E-state index is -0.432. The number of nitriles is 1. The van der Waals surface area contributed by atoms with Crippen molar-refractivity contribution in [3.63, 3.8) is 0 Å². The van der Waals surface area contributed by atoms with E-state index in [-0.39, 0.29) is 17.4 Å². The minimum absolute atomic E-state index is 0.00214. The van der Waals surface area contributed by atoms with Crippen molar-refractivity contribution < 1.29 is 9.15 Å². The molecule has 120 valence electrons. The van der Waals surface area contributed by atoms with Crippen molar-refractivity contribution in [1.82, 2.24) is 9.97 Å². The third-order valence-electron chi connectivity index (χ3n) is 3.19. The van der Waals surface area contributed by atoms with Gasteiger partial charge in [0.25, 0.3) is 0 Å². The van der Waals surface area contributed by atoms with Gasteiger partial charge in [-0.2, -0.15) is 10.2 Å². The lowest BCUT2D eigenvalue weighted by Gasteiger charge is -2.18. The van der Waals surface area contributed by atoms with E-state index < -0.39 is 6.23 Å². The van der Waals surface area contributed by atoms with Crippen LogP contribution in [0.3, 0.4) is 0 Å². The third-order valence-corrected chi connectivity index (χ3v) is 3.19. The fourth-order valence-electron chi connectivity index (χ4n) is 2.20. The molecule has 24 heavy (non-hydrogen) atoms. The van der Waals surface area contributed by atoms with Gasteiger partial charge < -0.3 is 20.2 Å². The molecule has 0 fully saturated rings. The molecule has 2 heterocycles. The molecule has 0 aliphatic rings. The Morgan fingerprint density at radius 3 is 2.67 bits per heavy atom. The SMILES string of the molecule is CC(Nc1ccccc1)Oc1nc(N)nc(-c2ccco2)c1C#N. The Morgan fingerprint density at radius 1 is 1.21 bits per heavy atom. The molecule has 1 atom stereocenters. The fraction of sp³-hybridized carbons (Fsp3) is 0.118. The normalized spacial score (nSPS) is 11.5. The van der Waals surface area contributed by atoms with E-state index in [4.69, 9.17) is 14.9 Å². The minimum Gasteiger partial charge on any atom is -0.463 e. The van der Waals surface area contributed by atoms with Crippen LogP contribution in [0.15, 0.2) is 53.1 Å². The molecule has 1 aromatic carbocycles. The lowest BCUT2D eigenvalue weighted by Crippen LogP contribution is -2.23. The number of nitrogen functional groups attached to an aromatic ring is 1. The lowest BCUT2D eigenvalue weighted by atomic mass is 10.2. The number of para-hydroxylation sites is 1. The Kier molecular flexibility index (Phi) is 4.29. The maximum absolute atomic E-state index is 9.48. The van der Waals surface area contributed by atoms with E-state index in [0.717, 1.165) is 5.69 Å². The van der Waals surface area contributed by atoms with E-state index in [1.807, 2.05) is 30.3 Å². The van der Waals surface area contributed by atoms with Crippen LogP contribution in [-0.2, 0) is 0 Å². The topological polar surface area (TPSA) is 110 Å². The summed E-state index contributed by atoms with van der Waals surface area (Å²) in [5.74, 6) is 0.531. The van der Waals surface area contributed by atoms with Crippen LogP contribution >= 0.6 is 0 Å². The zero-order valence-electron chi connectivity index (χ0n) is 12.9. The van der Waals surface area contributed by atoms with Gasteiger partial charge in [0, 0.05) is 5.69 Å². The summed E-state index contributed by atoms with van der Waals surface area (Å²) >= 11 is 0. The molecule has 0 saturated carbocycles. The number of hydrogen-bond acceptors (Lipinski definition) is 7. The van der Waals surface area contributed by atoms with Gasteiger partial charge in [-0.1, -0.05) is 18.2 Å². The third kappa shape index (κ3) is 3.28. The first-order valence-electron chi connectivity index (χ1n) is 7.27. The molecular weight excluding hydrogens is 306 g/mol. The summed E-state index contributed by atoms with van der Waals surface area (Å²) in [6.45, 7) is 1.80. The van der Waals surface area contributed by atoms with E-state index in [0.29, 0.717) is 11.5 Å². The van der Waals surface area contributed by atoms with Crippen molar-refractivity contribution in [2.45, 2.75) is 13.2 Å². The predicted molar refractivity (Wildman–Crippen MR) is 89.0 cm³/mol. The van der Waals surface area contributed by atoms with Gasteiger partial charge in [0.05, 0.1) is 6.26 Å². The van der Waals surface area contributed by atoms with E-state index in [9.17, 15) is 5.26 Å². The summed E-state index contributed by atoms with van der Waals surface area (Å²) in [5.41, 5.74) is 7.10. The van der Waals surface area contributed by atoms with Crippen LogP contribution in [0.1, 0.15) is 12.5 Å². The summed E-state index contributed by atoms with van der Waals surface area (Å²) in [4.78, 5) is 8.12. The smallest absolute Gasteiger partial charge is 0.239 e. The second-order valence-electron chi connectivity index (χ2n) is 4.97. The first-order chi connectivity index (χ1) is 11.7. The van der Waals surface area contributed by atoms with E-state index in [1.165, 1.54) is 6.26 Å². The summed E-state index contributed by atoms with van der Waals surface area (Å²) < 4.78 is 11.1. The molecule has 0 aliphatic heterocycles. The van der Waals surface area contributed by atoms with Crippen molar-refractivity contribution in [3.05, 3.63) is 54.3 Å². The first-order valence-corrected chi connectivity index (χ1v) is 7.27. The molecule has 0 amide bonds. The molecule has 1 unspecified atom stereocenters.